The van der Waals surface area contributed by atoms with Crippen LogP contribution in [0.25, 0.3) is 11.1 Å². The molecular formula is C26H24ClNO4. The molecule has 6 heteroatoms. The van der Waals surface area contributed by atoms with Crippen molar-refractivity contribution in [2.24, 2.45) is 0 Å². The van der Waals surface area contributed by atoms with Gasteiger partial charge in [0.1, 0.15) is 12.6 Å². The summed E-state index contributed by atoms with van der Waals surface area (Å²) in [6, 6.07) is 22.5. The maximum atomic E-state index is 12.6. The van der Waals surface area contributed by atoms with Gasteiger partial charge in [-0.05, 0) is 46.9 Å². The average Bonchev–Trinajstić information content (AvgIpc) is 3.12. The van der Waals surface area contributed by atoms with Crippen molar-refractivity contribution in [3.63, 3.8) is 0 Å². The maximum Gasteiger partial charge on any atom is 0.407 e. The number of rotatable bonds is 7. The van der Waals surface area contributed by atoms with Crippen LogP contribution in [-0.2, 0) is 20.7 Å². The van der Waals surface area contributed by atoms with Gasteiger partial charge in [-0.3, -0.25) is 0 Å². The summed E-state index contributed by atoms with van der Waals surface area (Å²) in [6.07, 6.45) is -0.376. The summed E-state index contributed by atoms with van der Waals surface area (Å²) < 4.78 is 10.7. The Labute approximate surface area is 192 Å². The minimum Gasteiger partial charge on any atom is -0.464 e. The number of nitrogens with one attached hydrogen (secondary N) is 1. The SMILES string of the molecule is CCOC(=O)C(Cc1ccc(Cl)cc1)NC(=O)OCC1c2ccccc2-c2ccccc21. The molecule has 0 fully saturated rings. The Morgan fingerprint density at radius 3 is 2.09 bits per heavy atom. The number of hydrogen-bond donors (Lipinski definition) is 1. The highest BCUT2D eigenvalue weighted by molar-refractivity contribution is 6.30. The molecule has 1 amide bonds. The molecular weight excluding hydrogens is 426 g/mol. The second-order valence-electron chi connectivity index (χ2n) is 7.61. The molecule has 164 valence electrons. The Kier molecular flexibility index (Phi) is 6.76. The molecule has 1 unspecified atom stereocenters. The first-order valence-corrected chi connectivity index (χ1v) is 11.0. The van der Waals surface area contributed by atoms with Crippen LogP contribution in [0.2, 0.25) is 5.02 Å². The first-order valence-electron chi connectivity index (χ1n) is 10.6. The molecule has 3 aromatic carbocycles. The van der Waals surface area contributed by atoms with Gasteiger partial charge in [-0.1, -0.05) is 72.3 Å². The summed E-state index contributed by atoms with van der Waals surface area (Å²) >= 11 is 5.94. The van der Waals surface area contributed by atoms with E-state index in [0.717, 1.165) is 27.8 Å². The van der Waals surface area contributed by atoms with Gasteiger partial charge < -0.3 is 14.8 Å². The van der Waals surface area contributed by atoms with Gasteiger partial charge in [0.2, 0.25) is 0 Å². The molecule has 0 bridgehead atoms. The molecule has 0 saturated heterocycles. The lowest BCUT2D eigenvalue weighted by molar-refractivity contribution is -0.145. The predicted octanol–water partition coefficient (Wildman–Crippen LogP) is 5.35. The molecule has 3 aromatic rings. The lowest BCUT2D eigenvalue weighted by Crippen LogP contribution is -2.44. The molecule has 0 aliphatic heterocycles. The van der Waals surface area contributed by atoms with Gasteiger partial charge >= 0.3 is 12.1 Å². The third kappa shape index (κ3) is 4.78. The van der Waals surface area contributed by atoms with Crippen LogP contribution in [0.3, 0.4) is 0 Å². The lowest BCUT2D eigenvalue weighted by Gasteiger charge is -2.19. The van der Waals surface area contributed by atoms with E-state index in [9.17, 15) is 9.59 Å². The summed E-state index contributed by atoms with van der Waals surface area (Å²) in [5.41, 5.74) is 5.43. The highest BCUT2D eigenvalue weighted by Crippen LogP contribution is 2.44. The zero-order valence-electron chi connectivity index (χ0n) is 17.7. The van der Waals surface area contributed by atoms with Gasteiger partial charge in [0.05, 0.1) is 6.61 Å². The fraction of sp³-hybridized carbons (Fsp3) is 0.231. The monoisotopic (exact) mass is 449 g/mol. The number of ether oxygens (including phenoxy) is 2. The summed E-state index contributed by atoms with van der Waals surface area (Å²) in [5, 5.41) is 3.27. The number of carbonyl (C=O) groups excluding carboxylic acids is 2. The van der Waals surface area contributed by atoms with Gasteiger partial charge in [-0.25, -0.2) is 9.59 Å². The highest BCUT2D eigenvalue weighted by atomic mass is 35.5. The molecule has 1 aliphatic rings. The Morgan fingerprint density at radius 1 is 0.906 bits per heavy atom. The van der Waals surface area contributed by atoms with E-state index in [4.69, 9.17) is 21.1 Å². The summed E-state index contributed by atoms with van der Waals surface area (Å²) in [7, 11) is 0. The lowest BCUT2D eigenvalue weighted by atomic mass is 9.98. The standard InChI is InChI=1S/C26H24ClNO4/c1-2-31-25(29)24(15-17-11-13-18(27)14-12-17)28-26(30)32-16-23-21-9-5-3-7-19(21)20-8-4-6-10-22(20)23/h3-14,23-24H,2,15-16H2,1H3,(H,28,30). The third-order valence-corrected chi connectivity index (χ3v) is 5.81. The second kappa shape index (κ2) is 9.88. The van der Waals surface area contributed by atoms with E-state index in [1.54, 1.807) is 19.1 Å². The maximum absolute atomic E-state index is 12.6. The normalized spacial score (nSPS) is 13.1. The largest absolute Gasteiger partial charge is 0.464 e. The van der Waals surface area contributed by atoms with Crippen LogP contribution < -0.4 is 5.32 Å². The molecule has 4 rings (SSSR count). The average molecular weight is 450 g/mol. The van der Waals surface area contributed by atoms with E-state index in [1.165, 1.54) is 0 Å². The van der Waals surface area contributed by atoms with Crippen molar-refractivity contribution in [3.8, 4) is 11.1 Å². The van der Waals surface area contributed by atoms with Gasteiger partial charge in [0, 0.05) is 17.4 Å². The molecule has 1 N–H and O–H groups in total. The van der Waals surface area contributed by atoms with Gasteiger partial charge in [0.25, 0.3) is 0 Å². The van der Waals surface area contributed by atoms with Crippen molar-refractivity contribution in [1.29, 1.82) is 0 Å². The van der Waals surface area contributed by atoms with Crippen molar-refractivity contribution in [2.45, 2.75) is 25.3 Å². The minimum absolute atomic E-state index is 0.0505. The van der Waals surface area contributed by atoms with Crippen molar-refractivity contribution < 1.29 is 19.1 Å². The van der Waals surface area contributed by atoms with Crippen LogP contribution in [0.4, 0.5) is 4.79 Å². The van der Waals surface area contributed by atoms with Crippen LogP contribution >= 0.6 is 11.6 Å². The molecule has 0 spiro atoms. The third-order valence-electron chi connectivity index (χ3n) is 5.56. The number of carbonyl (C=O) groups is 2. The van der Waals surface area contributed by atoms with Crippen LogP contribution in [0.5, 0.6) is 0 Å². The van der Waals surface area contributed by atoms with E-state index in [2.05, 4.69) is 29.6 Å². The molecule has 1 aliphatic carbocycles. The minimum atomic E-state index is -0.855. The van der Waals surface area contributed by atoms with Crippen molar-refractivity contribution in [1.82, 2.24) is 5.32 Å². The smallest absolute Gasteiger partial charge is 0.407 e. The number of halogens is 1. The Balaban J connectivity index is 1.44. The van der Waals surface area contributed by atoms with E-state index >= 15 is 0 Å². The van der Waals surface area contributed by atoms with Crippen LogP contribution in [0.15, 0.2) is 72.8 Å². The molecule has 32 heavy (non-hydrogen) atoms. The summed E-state index contributed by atoms with van der Waals surface area (Å²) in [4.78, 5) is 25.0. The van der Waals surface area contributed by atoms with Gasteiger partial charge in [-0.15, -0.1) is 0 Å². The first-order chi connectivity index (χ1) is 15.6. The van der Waals surface area contributed by atoms with Gasteiger partial charge in [-0.2, -0.15) is 0 Å². The Hall–Kier alpha value is -3.31. The quantitative estimate of drug-likeness (QED) is 0.493. The van der Waals surface area contributed by atoms with E-state index in [0.29, 0.717) is 5.02 Å². The molecule has 0 heterocycles. The Bertz CT molecular complexity index is 1070. The number of benzene rings is 3. The van der Waals surface area contributed by atoms with Gasteiger partial charge in [0.15, 0.2) is 0 Å². The number of fused-ring (bicyclic) bond motifs is 3. The number of hydrogen-bond acceptors (Lipinski definition) is 4. The fourth-order valence-electron chi connectivity index (χ4n) is 4.07. The van der Waals surface area contributed by atoms with E-state index in [-0.39, 0.29) is 25.6 Å². The second-order valence-corrected chi connectivity index (χ2v) is 8.04. The van der Waals surface area contributed by atoms with Crippen molar-refractivity contribution >= 4 is 23.7 Å². The van der Waals surface area contributed by atoms with E-state index < -0.39 is 18.1 Å². The topological polar surface area (TPSA) is 64.6 Å². The van der Waals surface area contributed by atoms with Crippen LogP contribution in [-0.4, -0.2) is 31.3 Å². The van der Waals surface area contributed by atoms with Crippen LogP contribution in [0, 0.1) is 0 Å². The van der Waals surface area contributed by atoms with Crippen LogP contribution in [0.1, 0.15) is 29.5 Å². The highest BCUT2D eigenvalue weighted by Gasteiger charge is 2.30. The fourth-order valence-corrected chi connectivity index (χ4v) is 4.20. The number of esters is 1. The Morgan fingerprint density at radius 2 is 1.50 bits per heavy atom. The molecule has 0 saturated carbocycles. The van der Waals surface area contributed by atoms with E-state index in [1.807, 2.05) is 36.4 Å². The van der Waals surface area contributed by atoms with Crippen molar-refractivity contribution in [3.05, 3.63) is 94.5 Å². The summed E-state index contributed by atoms with van der Waals surface area (Å²) in [5.74, 6) is -0.554. The predicted molar refractivity (Wildman–Crippen MR) is 124 cm³/mol. The zero-order chi connectivity index (χ0) is 22.5. The number of amides is 1. The molecule has 0 radical (unpaired) electrons. The first kappa shape index (κ1) is 21.9. The van der Waals surface area contributed by atoms with Crippen molar-refractivity contribution in [2.75, 3.05) is 13.2 Å². The summed E-state index contributed by atoms with van der Waals surface area (Å²) in [6.45, 7) is 2.13. The molecule has 5 nitrogen and oxygen atoms in total. The molecule has 1 atom stereocenters. The molecule has 0 aromatic heterocycles. The zero-order valence-corrected chi connectivity index (χ0v) is 18.5. The number of alkyl carbamates (subject to hydrolysis) is 1.